The molecule has 0 amide bonds. The van der Waals surface area contributed by atoms with Crippen molar-refractivity contribution in [2.75, 3.05) is 5.73 Å². The van der Waals surface area contributed by atoms with E-state index >= 15 is 0 Å². The molecule has 0 fully saturated rings. The standard InChI is InChI=1S/C11H11F6NO/c1-5-3-7(18)4-6(2)8(5)9(19,10(12,13)14)11(15,16)17/h3-4,19H,18H2,1-2H3. The summed E-state index contributed by atoms with van der Waals surface area (Å²) < 4.78 is 76.5. The summed E-state index contributed by atoms with van der Waals surface area (Å²) in [7, 11) is 0. The maximum Gasteiger partial charge on any atom is 0.430 e. The molecule has 0 unspecified atom stereocenters. The first kappa shape index (κ1) is 15.6. The van der Waals surface area contributed by atoms with Crippen molar-refractivity contribution in [3.8, 4) is 0 Å². The highest BCUT2D eigenvalue weighted by atomic mass is 19.4. The Morgan fingerprint density at radius 1 is 0.895 bits per heavy atom. The molecule has 0 aliphatic rings. The second kappa shape index (κ2) is 4.29. The second-order valence-corrected chi connectivity index (χ2v) is 4.24. The maximum atomic E-state index is 12.7. The fourth-order valence-electron chi connectivity index (χ4n) is 2.01. The molecule has 1 aromatic carbocycles. The SMILES string of the molecule is Cc1cc(N)cc(C)c1C(O)(C(F)(F)F)C(F)(F)F. The predicted molar refractivity (Wildman–Crippen MR) is 56.3 cm³/mol. The lowest BCUT2D eigenvalue weighted by molar-refractivity contribution is -0.376. The van der Waals surface area contributed by atoms with Crippen molar-refractivity contribution in [2.45, 2.75) is 31.8 Å². The van der Waals surface area contributed by atoms with Gasteiger partial charge in [0.1, 0.15) is 0 Å². The maximum absolute atomic E-state index is 12.7. The van der Waals surface area contributed by atoms with Gasteiger partial charge in [-0.15, -0.1) is 0 Å². The van der Waals surface area contributed by atoms with Gasteiger partial charge in [-0.05, 0) is 37.1 Å². The van der Waals surface area contributed by atoms with Crippen LogP contribution in [0, 0.1) is 13.8 Å². The van der Waals surface area contributed by atoms with Crippen LogP contribution in [0.2, 0.25) is 0 Å². The summed E-state index contributed by atoms with van der Waals surface area (Å²) >= 11 is 0. The summed E-state index contributed by atoms with van der Waals surface area (Å²) in [5, 5.41) is 9.32. The fraction of sp³-hybridized carbons (Fsp3) is 0.455. The summed E-state index contributed by atoms with van der Waals surface area (Å²) in [4.78, 5) is 0. The summed E-state index contributed by atoms with van der Waals surface area (Å²) in [6, 6.07) is 1.90. The van der Waals surface area contributed by atoms with Crippen molar-refractivity contribution in [1.82, 2.24) is 0 Å². The Bertz CT molecular complexity index is 454. The molecular weight excluding hydrogens is 276 g/mol. The van der Waals surface area contributed by atoms with E-state index < -0.39 is 23.5 Å². The van der Waals surface area contributed by atoms with Gasteiger partial charge in [-0.1, -0.05) is 0 Å². The first-order valence-electron chi connectivity index (χ1n) is 5.05. The first-order chi connectivity index (χ1) is 8.32. The third-order valence-corrected chi connectivity index (χ3v) is 2.74. The Labute approximate surface area is 104 Å². The summed E-state index contributed by atoms with van der Waals surface area (Å²) in [5.74, 6) is 0. The van der Waals surface area contributed by atoms with E-state index in [0.29, 0.717) is 0 Å². The lowest BCUT2D eigenvalue weighted by Gasteiger charge is -2.35. The minimum atomic E-state index is -5.89. The highest BCUT2D eigenvalue weighted by Gasteiger charge is 2.72. The lowest BCUT2D eigenvalue weighted by Crippen LogP contribution is -2.54. The van der Waals surface area contributed by atoms with Crippen molar-refractivity contribution in [2.24, 2.45) is 0 Å². The molecule has 1 aromatic rings. The Kier molecular flexibility index (Phi) is 3.53. The lowest BCUT2D eigenvalue weighted by atomic mass is 9.85. The van der Waals surface area contributed by atoms with Gasteiger partial charge < -0.3 is 10.8 Å². The number of nitrogens with two attached hydrogens (primary N) is 1. The average molecular weight is 287 g/mol. The zero-order valence-electron chi connectivity index (χ0n) is 9.95. The third-order valence-electron chi connectivity index (χ3n) is 2.74. The smallest absolute Gasteiger partial charge is 0.399 e. The van der Waals surface area contributed by atoms with Crippen LogP contribution in [0.1, 0.15) is 16.7 Å². The van der Waals surface area contributed by atoms with E-state index in [9.17, 15) is 31.4 Å². The molecule has 8 heteroatoms. The number of aliphatic hydroxyl groups is 1. The molecule has 1 rings (SSSR count). The van der Waals surface area contributed by atoms with Gasteiger partial charge in [0.05, 0.1) is 0 Å². The number of rotatable bonds is 1. The highest BCUT2D eigenvalue weighted by molar-refractivity contribution is 5.51. The molecule has 0 radical (unpaired) electrons. The van der Waals surface area contributed by atoms with Crippen LogP contribution >= 0.6 is 0 Å². The van der Waals surface area contributed by atoms with Crippen LogP contribution in [0.25, 0.3) is 0 Å². The number of anilines is 1. The van der Waals surface area contributed by atoms with Gasteiger partial charge in [-0.3, -0.25) is 0 Å². The molecule has 0 heterocycles. The quantitative estimate of drug-likeness (QED) is 0.615. The molecule has 2 nitrogen and oxygen atoms in total. The fourth-order valence-corrected chi connectivity index (χ4v) is 2.01. The zero-order valence-corrected chi connectivity index (χ0v) is 9.95. The number of benzene rings is 1. The van der Waals surface area contributed by atoms with E-state index in [2.05, 4.69) is 0 Å². The highest BCUT2D eigenvalue weighted by Crippen LogP contribution is 2.51. The van der Waals surface area contributed by atoms with Crippen LogP contribution in [0.3, 0.4) is 0 Å². The Balaban J connectivity index is 3.72. The number of aryl methyl sites for hydroxylation is 2. The van der Waals surface area contributed by atoms with E-state index in [1.165, 1.54) is 0 Å². The van der Waals surface area contributed by atoms with Gasteiger partial charge in [0, 0.05) is 11.3 Å². The minimum Gasteiger partial charge on any atom is -0.399 e. The van der Waals surface area contributed by atoms with Crippen LogP contribution in [0.15, 0.2) is 12.1 Å². The number of halogens is 6. The molecule has 0 aliphatic carbocycles. The summed E-state index contributed by atoms with van der Waals surface area (Å²) in [6.07, 6.45) is -11.8. The van der Waals surface area contributed by atoms with Crippen molar-refractivity contribution in [1.29, 1.82) is 0 Å². The summed E-state index contributed by atoms with van der Waals surface area (Å²) in [6.45, 7) is 2.06. The number of nitrogen functional groups attached to an aromatic ring is 1. The average Bonchev–Trinajstić information content (AvgIpc) is 2.11. The molecule has 0 spiro atoms. The monoisotopic (exact) mass is 287 g/mol. The zero-order chi connectivity index (χ0) is 15.2. The molecule has 0 bridgehead atoms. The Morgan fingerprint density at radius 2 is 1.21 bits per heavy atom. The predicted octanol–water partition coefficient (Wildman–Crippen LogP) is 3.20. The topological polar surface area (TPSA) is 46.2 Å². The van der Waals surface area contributed by atoms with Crippen molar-refractivity contribution in [3.05, 3.63) is 28.8 Å². The molecular formula is C11H11F6NO. The molecule has 108 valence electrons. The van der Waals surface area contributed by atoms with Crippen molar-refractivity contribution < 1.29 is 31.4 Å². The number of hydrogen-bond acceptors (Lipinski definition) is 2. The molecule has 3 N–H and O–H groups in total. The van der Waals surface area contributed by atoms with E-state index in [-0.39, 0.29) is 16.8 Å². The van der Waals surface area contributed by atoms with Gasteiger partial charge in [-0.25, -0.2) is 0 Å². The molecule has 19 heavy (non-hydrogen) atoms. The van der Waals surface area contributed by atoms with Crippen LogP contribution in [-0.2, 0) is 5.60 Å². The van der Waals surface area contributed by atoms with Crippen LogP contribution in [0.4, 0.5) is 32.0 Å². The van der Waals surface area contributed by atoms with Gasteiger partial charge in [0.2, 0.25) is 0 Å². The normalized spacial score (nSPS) is 13.7. The largest absolute Gasteiger partial charge is 0.430 e. The van der Waals surface area contributed by atoms with E-state index in [0.717, 1.165) is 26.0 Å². The molecule has 0 saturated heterocycles. The van der Waals surface area contributed by atoms with E-state index in [1.807, 2.05) is 0 Å². The first-order valence-corrected chi connectivity index (χ1v) is 5.05. The molecule has 0 aliphatic heterocycles. The number of alkyl halides is 6. The van der Waals surface area contributed by atoms with E-state index in [4.69, 9.17) is 5.73 Å². The van der Waals surface area contributed by atoms with Gasteiger partial charge in [0.15, 0.2) is 0 Å². The molecule has 0 saturated carbocycles. The molecule has 0 atom stereocenters. The van der Waals surface area contributed by atoms with Crippen molar-refractivity contribution in [3.63, 3.8) is 0 Å². The van der Waals surface area contributed by atoms with Crippen molar-refractivity contribution >= 4 is 5.69 Å². The van der Waals surface area contributed by atoms with E-state index in [1.54, 1.807) is 0 Å². The number of hydrogen-bond donors (Lipinski definition) is 2. The van der Waals surface area contributed by atoms with Gasteiger partial charge in [0.25, 0.3) is 5.60 Å². The third kappa shape index (κ3) is 2.36. The minimum absolute atomic E-state index is 0.0189. The van der Waals surface area contributed by atoms with Crippen LogP contribution < -0.4 is 5.73 Å². The summed E-state index contributed by atoms with van der Waals surface area (Å²) in [5.41, 5.74) is -1.54. The van der Waals surface area contributed by atoms with Crippen LogP contribution in [-0.4, -0.2) is 17.5 Å². The second-order valence-electron chi connectivity index (χ2n) is 4.24. The Morgan fingerprint density at radius 3 is 1.47 bits per heavy atom. The molecule has 0 aromatic heterocycles. The van der Waals surface area contributed by atoms with Gasteiger partial charge in [-0.2, -0.15) is 26.3 Å². The van der Waals surface area contributed by atoms with Gasteiger partial charge >= 0.3 is 12.4 Å². The Hall–Kier alpha value is -1.44. The van der Waals surface area contributed by atoms with Crippen LogP contribution in [0.5, 0.6) is 0 Å².